The van der Waals surface area contributed by atoms with Gasteiger partial charge in [0.05, 0.1) is 6.10 Å². The molecular formula is C12H14F2N4O4. The number of hydrogen-bond acceptors (Lipinski definition) is 7. The summed E-state index contributed by atoms with van der Waals surface area (Å²) in [6.45, 7) is 0.110. The normalized spacial score (nSPS) is 32.3. The van der Waals surface area contributed by atoms with Crippen LogP contribution >= 0.6 is 0 Å². The van der Waals surface area contributed by atoms with Crippen molar-refractivity contribution in [1.82, 2.24) is 14.5 Å². The van der Waals surface area contributed by atoms with Gasteiger partial charge in [-0.15, -0.1) is 0 Å². The first-order chi connectivity index (χ1) is 10.3. The first-order valence-electron chi connectivity index (χ1n) is 6.28. The molecule has 1 aliphatic rings. The monoisotopic (exact) mass is 316 g/mol. The second kappa shape index (κ2) is 5.96. The van der Waals surface area contributed by atoms with Gasteiger partial charge in [0.1, 0.15) is 25.2 Å². The zero-order valence-electron chi connectivity index (χ0n) is 11.5. The summed E-state index contributed by atoms with van der Waals surface area (Å²) in [5.41, 5.74) is 1.43. The largest absolute Gasteiger partial charge is 0.391 e. The molecule has 2 rings (SSSR count). The maximum atomic E-state index is 15.1. The zero-order valence-corrected chi connectivity index (χ0v) is 11.5. The van der Waals surface area contributed by atoms with Crippen molar-refractivity contribution in [3.05, 3.63) is 16.8 Å². The molecule has 1 aromatic rings. The standard InChI is InChI=1S/C12H14F2N4O4/c1-6(19)7-8(20)12(14,3-2-4-13)9(22-7)18-5-16-10(15)17-11(18)21/h5-9,19-20H,4H2,1H3,(H2,15,17,21)/t6-,7+,8?,9+,12+/m0/s1. The number of nitrogens with two attached hydrogens (primary N) is 1. The van der Waals surface area contributed by atoms with Crippen LogP contribution in [0.5, 0.6) is 0 Å². The minimum Gasteiger partial charge on any atom is -0.391 e. The second-order valence-electron chi connectivity index (χ2n) is 4.75. The fourth-order valence-corrected chi connectivity index (χ4v) is 2.17. The van der Waals surface area contributed by atoms with Gasteiger partial charge >= 0.3 is 5.69 Å². The molecule has 1 saturated heterocycles. The topological polar surface area (TPSA) is 123 Å². The highest BCUT2D eigenvalue weighted by Gasteiger charge is 2.59. The Balaban J connectivity index is 2.53. The van der Waals surface area contributed by atoms with Crippen LogP contribution in [0.25, 0.3) is 0 Å². The van der Waals surface area contributed by atoms with Gasteiger partial charge in [-0.2, -0.15) is 4.98 Å². The van der Waals surface area contributed by atoms with Crippen molar-refractivity contribution in [2.24, 2.45) is 0 Å². The maximum Gasteiger partial charge on any atom is 0.354 e. The number of alkyl halides is 2. The third-order valence-electron chi connectivity index (χ3n) is 3.21. The number of aliphatic hydroxyl groups is 2. The average Bonchev–Trinajstić information content (AvgIpc) is 2.70. The Morgan fingerprint density at radius 2 is 2.36 bits per heavy atom. The Kier molecular flexibility index (Phi) is 4.41. The number of hydrogen-bond donors (Lipinski definition) is 3. The third-order valence-corrected chi connectivity index (χ3v) is 3.21. The van der Waals surface area contributed by atoms with Crippen molar-refractivity contribution in [3.63, 3.8) is 0 Å². The molecule has 0 saturated carbocycles. The van der Waals surface area contributed by atoms with E-state index >= 15 is 4.39 Å². The molecule has 0 spiro atoms. The van der Waals surface area contributed by atoms with E-state index in [0.29, 0.717) is 4.57 Å². The van der Waals surface area contributed by atoms with Gasteiger partial charge < -0.3 is 20.7 Å². The fourth-order valence-electron chi connectivity index (χ4n) is 2.17. The highest BCUT2D eigenvalue weighted by molar-refractivity contribution is 5.24. The van der Waals surface area contributed by atoms with Crippen molar-refractivity contribution in [1.29, 1.82) is 0 Å². The lowest BCUT2D eigenvalue weighted by Crippen LogP contribution is -2.45. The number of anilines is 1. The fraction of sp³-hybridized carbons (Fsp3) is 0.583. The van der Waals surface area contributed by atoms with Crippen LogP contribution in [0.2, 0.25) is 0 Å². The van der Waals surface area contributed by atoms with Crippen LogP contribution in [0, 0.1) is 11.8 Å². The summed E-state index contributed by atoms with van der Waals surface area (Å²) in [5, 5.41) is 19.6. The molecule has 1 fully saturated rings. The minimum absolute atomic E-state index is 0.328. The maximum absolute atomic E-state index is 15.1. The first-order valence-corrected chi connectivity index (χ1v) is 6.28. The predicted molar refractivity (Wildman–Crippen MR) is 69.9 cm³/mol. The summed E-state index contributed by atoms with van der Waals surface area (Å²) in [4.78, 5) is 18.7. The van der Waals surface area contributed by atoms with E-state index in [1.165, 1.54) is 6.92 Å². The van der Waals surface area contributed by atoms with Crippen molar-refractivity contribution in [3.8, 4) is 11.8 Å². The number of halogens is 2. The lowest BCUT2D eigenvalue weighted by atomic mass is 9.94. The predicted octanol–water partition coefficient (Wildman–Crippen LogP) is -1.46. The molecule has 10 heteroatoms. The summed E-state index contributed by atoms with van der Waals surface area (Å²) in [6, 6.07) is 0. The van der Waals surface area contributed by atoms with Crippen LogP contribution in [0.3, 0.4) is 0 Å². The van der Waals surface area contributed by atoms with Gasteiger partial charge in [-0.3, -0.25) is 4.57 Å². The number of aliphatic hydroxyl groups excluding tert-OH is 2. The Hall–Kier alpha value is -2.09. The molecule has 22 heavy (non-hydrogen) atoms. The highest BCUT2D eigenvalue weighted by Crippen LogP contribution is 2.41. The van der Waals surface area contributed by atoms with Crippen molar-refractivity contribution in [2.75, 3.05) is 12.4 Å². The minimum atomic E-state index is -2.82. The van der Waals surface area contributed by atoms with Gasteiger partial charge in [0.2, 0.25) is 11.6 Å². The molecule has 8 nitrogen and oxygen atoms in total. The summed E-state index contributed by atoms with van der Waals surface area (Å²) < 4.78 is 33.1. The number of aromatic nitrogens is 3. The molecule has 1 unspecified atom stereocenters. The molecule has 2 heterocycles. The SMILES string of the molecule is C[C@H](O)[C@H]1O[C@@H](n2cnc(N)nc2=O)[C@@](F)(C#CCF)C1O. The molecule has 4 N–H and O–H groups in total. The van der Waals surface area contributed by atoms with E-state index in [9.17, 15) is 19.4 Å². The van der Waals surface area contributed by atoms with E-state index in [0.717, 1.165) is 6.33 Å². The van der Waals surface area contributed by atoms with E-state index in [4.69, 9.17) is 10.5 Å². The van der Waals surface area contributed by atoms with Crippen molar-refractivity contribution >= 4 is 5.95 Å². The number of ether oxygens (including phenoxy) is 1. The molecule has 5 atom stereocenters. The first kappa shape index (κ1) is 16.3. The molecule has 1 aliphatic heterocycles. The van der Waals surface area contributed by atoms with Crippen LogP contribution in [-0.2, 0) is 4.74 Å². The summed E-state index contributed by atoms with van der Waals surface area (Å²) in [5.74, 6) is 3.44. The second-order valence-corrected chi connectivity index (χ2v) is 4.75. The van der Waals surface area contributed by atoms with E-state index in [-0.39, 0.29) is 5.95 Å². The number of nitrogens with zero attached hydrogens (tertiary/aromatic N) is 3. The Morgan fingerprint density at radius 3 is 2.91 bits per heavy atom. The summed E-state index contributed by atoms with van der Waals surface area (Å²) >= 11 is 0. The molecule has 1 aromatic heterocycles. The Bertz CT molecular complexity index is 671. The van der Waals surface area contributed by atoms with Crippen molar-refractivity contribution < 1.29 is 23.7 Å². The van der Waals surface area contributed by atoms with Gasteiger partial charge in [-0.05, 0) is 6.92 Å². The molecular weight excluding hydrogens is 302 g/mol. The molecule has 120 valence electrons. The van der Waals surface area contributed by atoms with Gasteiger partial charge in [0, 0.05) is 0 Å². The van der Waals surface area contributed by atoms with Crippen molar-refractivity contribution in [2.45, 2.75) is 37.1 Å². The Labute approximate surface area is 123 Å². The summed E-state index contributed by atoms with van der Waals surface area (Å²) in [7, 11) is 0. The van der Waals surface area contributed by atoms with Crippen LogP contribution in [-0.4, -0.2) is 55.4 Å². The summed E-state index contributed by atoms with van der Waals surface area (Å²) in [6.07, 6.45) is -5.41. The van der Waals surface area contributed by atoms with Crippen LogP contribution in [0.4, 0.5) is 14.7 Å². The van der Waals surface area contributed by atoms with Gasteiger partial charge in [0.25, 0.3) is 0 Å². The van der Waals surface area contributed by atoms with E-state index < -0.39 is 42.6 Å². The van der Waals surface area contributed by atoms with E-state index in [2.05, 4.69) is 9.97 Å². The lowest BCUT2D eigenvalue weighted by Gasteiger charge is -2.23. The van der Waals surface area contributed by atoms with E-state index in [1.54, 1.807) is 0 Å². The molecule has 0 aliphatic carbocycles. The third kappa shape index (κ3) is 2.66. The van der Waals surface area contributed by atoms with Crippen LogP contribution in [0.15, 0.2) is 11.1 Å². The highest BCUT2D eigenvalue weighted by atomic mass is 19.1. The van der Waals surface area contributed by atoms with Crippen LogP contribution < -0.4 is 11.4 Å². The molecule has 0 amide bonds. The number of nitrogen functional groups attached to an aromatic ring is 1. The Morgan fingerprint density at radius 1 is 1.68 bits per heavy atom. The smallest absolute Gasteiger partial charge is 0.354 e. The van der Waals surface area contributed by atoms with Gasteiger partial charge in [0.15, 0.2) is 6.23 Å². The molecule has 0 bridgehead atoms. The zero-order chi connectivity index (χ0) is 16.5. The number of rotatable bonds is 2. The van der Waals surface area contributed by atoms with Crippen LogP contribution in [0.1, 0.15) is 13.2 Å². The quantitative estimate of drug-likeness (QED) is 0.570. The average molecular weight is 316 g/mol. The van der Waals surface area contributed by atoms with Gasteiger partial charge in [-0.1, -0.05) is 11.8 Å². The van der Waals surface area contributed by atoms with E-state index in [1.807, 2.05) is 11.8 Å². The molecule has 0 radical (unpaired) electrons. The molecule has 0 aromatic carbocycles. The lowest BCUT2D eigenvalue weighted by molar-refractivity contribution is -0.0806. The van der Waals surface area contributed by atoms with Gasteiger partial charge in [-0.25, -0.2) is 18.6 Å².